The minimum absolute atomic E-state index is 0.0334. The quantitative estimate of drug-likeness (QED) is 0.305. The molecule has 0 saturated carbocycles. The van der Waals surface area contributed by atoms with Crippen LogP contribution in [0.1, 0.15) is 23.8 Å². The highest BCUT2D eigenvalue weighted by Crippen LogP contribution is 2.41. The zero-order valence-corrected chi connectivity index (χ0v) is 19.6. The summed E-state index contributed by atoms with van der Waals surface area (Å²) in [6, 6.07) is 18.0. The van der Waals surface area contributed by atoms with Crippen LogP contribution in [0.15, 0.2) is 75.9 Å². The van der Waals surface area contributed by atoms with Gasteiger partial charge in [0.1, 0.15) is 11.3 Å². The van der Waals surface area contributed by atoms with E-state index in [1.165, 1.54) is 24.3 Å². The molecule has 3 aromatic carbocycles. The van der Waals surface area contributed by atoms with Crippen molar-refractivity contribution >= 4 is 11.0 Å². The molecule has 6 nitrogen and oxygen atoms in total. The van der Waals surface area contributed by atoms with Crippen LogP contribution in [0.3, 0.4) is 0 Å². The van der Waals surface area contributed by atoms with Gasteiger partial charge in [-0.1, -0.05) is 42.5 Å². The molecule has 188 valence electrons. The van der Waals surface area contributed by atoms with Gasteiger partial charge in [0.25, 0.3) is 5.76 Å². The van der Waals surface area contributed by atoms with Crippen LogP contribution in [0.4, 0.5) is 13.2 Å². The zero-order valence-electron chi connectivity index (χ0n) is 19.6. The maximum Gasteiger partial charge on any atom is 0.453 e. The second-order valence-electron chi connectivity index (χ2n) is 8.17. The average Bonchev–Trinajstić information content (AvgIpc) is 2.83. The Kier molecular flexibility index (Phi) is 7.21. The number of nitrogens with zero attached hydrogens (tertiary/aromatic N) is 1. The van der Waals surface area contributed by atoms with Crippen molar-refractivity contribution in [2.45, 2.75) is 26.2 Å². The van der Waals surface area contributed by atoms with Crippen molar-refractivity contribution in [2.75, 3.05) is 13.7 Å². The van der Waals surface area contributed by atoms with Crippen molar-refractivity contribution < 1.29 is 32.2 Å². The Hall–Kier alpha value is -3.98. The van der Waals surface area contributed by atoms with Crippen LogP contribution >= 0.6 is 0 Å². The van der Waals surface area contributed by atoms with Crippen LogP contribution in [0, 0.1) is 0 Å². The van der Waals surface area contributed by atoms with E-state index >= 15 is 0 Å². The number of para-hydroxylation sites is 2. The topological polar surface area (TPSA) is 72.1 Å². The summed E-state index contributed by atoms with van der Waals surface area (Å²) in [4.78, 5) is 15.1. The number of rotatable bonds is 8. The third kappa shape index (κ3) is 5.31. The number of hydrogen-bond acceptors (Lipinski definition) is 6. The van der Waals surface area contributed by atoms with Crippen LogP contribution in [-0.4, -0.2) is 23.7 Å². The second-order valence-corrected chi connectivity index (χ2v) is 8.17. The lowest BCUT2D eigenvalue weighted by Crippen LogP contribution is -2.19. The molecule has 4 rings (SSSR count). The first-order chi connectivity index (χ1) is 17.2. The molecule has 1 N–H and O–H groups in total. The van der Waals surface area contributed by atoms with Gasteiger partial charge in [0.15, 0.2) is 11.5 Å². The van der Waals surface area contributed by atoms with Crippen molar-refractivity contribution in [1.82, 2.24) is 4.90 Å². The van der Waals surface area contributed by atoms with Crippen molar-refractivity contribution in [1.29, 1.82) is 0 Å². The Balaban J connectivity index is 1.82. The number of fused-ring (bicyclic) bond motifs is 1. The predicted molar refractivity (Wildman–Crippen MR) is 128 cm³/mol. The third-order valence-electron chi connectivity index (χ3n) is 5.44. The van der Waals surface area contributed by atoms with Gasteiger partial charge in [0.2, 0.25) is 11.2 Å². The Morgan fingerprint density at radius 1 is 0.944 bits per heavy atom. The van der Waals surface area contributed by atoms with Gasteiger partial charge in [-0.25, -0.2) is 0 Å². The number of ether oxygens (including phenoxy) is 2. The van der Waals surface area contributed by atoms with Gasteiger partial charge in [-0.15, -0.1) is 0 Å². The fourth-order valence-corrected chi connectivity index (χ4v) is 3.86. The molecule has 1 heterocycles. The molecule has 0 unspecified atom stereocenters. The van der Waals surface area contributed by atoms with Gasteiger partial charge in [0, 0.05) is 13.1 Å². The Labute approximate surface area is 205 Å². The molecule has 0 atom stereocenters. The smallest absolute Gasteiger partial charge is 0.453 e. The summed E-state index contributed by atoms with van der Waals surface area (Å²) in [5.41, 5.74) is -0.324. The number of aromatic hydroxyl groups is 1. The first-order valence-electron chi connectivity index (χ1n) is 11.2. The monoisotopic (exact) mass is 499 g/mol. The lowest BCUT2D eigenvalue weighted by atomic mass is 10.1. The van der Waals surface area contributed by atoms with E-state index in [0.717, 1.165) is 5.56 Å². The summed E-state index contributed by atoms with van der Waals surface area (Å²) in [7, 11) is 1.75. The van der Waals surface area contributed by atoms with Crippen LogP contribution in [-0.2, 0) is 19.3 Å². The minimum Gasteiger partial charge on any atom is -0.507 e. The highest BCUT2D eigenvalue weighted by atomic mass is 19.4. The van der Waals surface area contributed by atoms with Crippen molar-refractivity contribution in [3.63, 3.8) is 0 Å². The van der Waals surface area contributed by atoms with Gasteiger partial charge >= 0.3 is 6.18 Å². The van der Waals surface area contributed by atoms with Crippen LogP contribution in [0.2, 0.25) is 0 Å². The van der Waals surface area contributed by atoms with Gasteiger partial charge < -0.3 is 19.0 Å². The highest BCUT2D eigenvalue weighted by molar-refractivity contribution is 5.83. The zero-order chi connectivity index (χ0) is 25.9. The summed E-state index contributed by atoms with van der Waals surface area (Å²) in [6.45, 7) is 2.46. The van der Waals surface area contributed by atoms with E-state index in [0.29, 0.717) is 6.54 Å². The summed E-state index contributed by atoms with van der Waals surface area (Å²) in [6.07, 6.45) is -5.04. The van der Waals surface area contributed by atoms with Gasteiger partial charge in [-0.3, -0.25) is 9.69 Å². The molecule has 0 aliphatic carbocycles. The number of alkyl halides is 3. The molecule has 0 fully saturated rings. The van der Waals surface area contributed by atoms with Crippen molar-refractivity contribution in [2.24, 2.45) is 0 Å². The summed E-state index contributed by atoms with van der Waals surface area (Å²) in [5.74, 6) is -2.76. The Bertz CT molecular complexity index is 1420. The maximum atomic E-state index is 14.1. The van der Waals surface area contributed by atoms with Crippen LogP contribution < -0.4 is 14.9 Å². The summed E-state index contributed by atoms with van der Waals surface area (Å²) in [5, 5.41) is 10.3. The van der Waals surface area contributed by atoms with Gasteiger partial charge in [-0.2, -0.15) is 13.2 Å². The maximum absolute atomic E-state index is 14.1. The third-order valence-corrected chi connectivity index (χ3v) is 5.44. The lowest BCUT2D eigenvalue weighted by Gasteiger charge is -2.20. The number of phenolic OH excluding ortho intramolecular Hbond substituents is 1. The van der Waals surface area contributed by atoms with Crippen molar-refractivity contribution in [3.8, 4) is 23.0 Å². The molecule has 0 aliphatic heterocycles. The molecule has 0 aliphatic rings. The molecule has 9 heteroatoms. The molecule has 0 spiro atoms. The first kappa shape index (κ1) is 25.1. The standard InChI is InChI=1S/C27H24F3NO5/c1-3-34-21-11-7-8-12-22(21)35-25-23(33)18-13-14-20(32)19(24(18)36-26(25)27(28,29)30)16-31(2)15-17-9-5-4-6-10-17/h4-14,32H,3,15-16H2,1-2H3. The van der Waals surface area contributed by atoms with Crippen molar-refractivity contribution in [3.05, 3.63) is 93.8 Å². The molecule has 36 heavy (non-hydrogen) atoms. The summed E-state index contributed by atoms with van der Waals surface area (Å²) < 4.78 is 58.4. The molecule has 0 saturated heterocycles. The Morgan fingerprint density at radius 2 is 1.61 bits per heavy atom. The Morgan fingerprint density at radius 3 is 2.28 bits per heavy atom. The van der Waals surface area contributed by atoms with E-state index in [2.05, 4.69) is 0 Å². The van der Waals surface area contributed by atoms with Gasteiger partial charge in [0.05, 0.1) is 17.6 Å². The largest absolute Gasteiger partial charge is 0.507 e. The number of halogens is 3. The molecule has 0 amide bonds. The highest BCUT2D eigenvalue weighted by Gasteiger charge is 2.41. The molecule has 1 aromatic heterocycles. The van der Waals surface area contributed by atoms with E-state index in [9.17, 15) is 23.1 Å². The minimum atomic E-state index is -5.04. The molecule has 4 aromatic rings. The lowest BCUT2D eigenvalue weighted by molar-refractivity contribution is -0.154. The van der Waals surface area contributed by atoms with Crippen LogP contribution in [0.25, 0.3) is 11.0 Å². The van der Waals surface area contributed by atoms with Gasteiger partial charge in [-0.05, 0) is 43.8 Å². The average molecular weight is 499 g/mol. The molecule has 0 radical (unpaired) electrons. The van der Waals surface area contributed by atoms with E-state index in [1.54, 1.807) is 31.0 Å². The van der Waals surface area contributed by atoms with E-state index in [-0.39, 0.29) is 46.9 Å². The normalized spacial score (nSPS) is 11.7. The molecular weight excluding hydrogens is 475 g/mol. The number of phenols is 1. The second kappa shape index (κ2) is 10.3. The van der Waals surface area contributed by atoms with Crippen LogP contribution in [0.5, 0.6) is 23.0 Å². The van der Waals surface area contributed by atoms with E-state index in [1.807, 2.05) is 30.3 Å². The fourth-order valence-electron chi connectivity index (χ4n) is 3.86. The SMILES string of the molecule is CCOc1ccccc1Oc1c(C(F)(F)F)oc2c(CN(C)Cc3ccccc3)c(O)ccc2c1=O. The molecule has 0 bridgehead atoms. The number of benzene rings is 3. The molecular formula is C27H24F3NO5. The van der Waals surface area contributed by atoms with E-state index in [4.69, 9.17) is 13.9 Å². The summed E-state index contributed by atoms with van der Waals surface area (Å²) >= 11 is 0. The van der Waals surface area contributed by atoms with E-state index < -0.39 is 23.1 Å². The predicted octanol–water partition coefficient (Wildman–Crippen LogP) is 6.34. The number of hydrogen-bond donors (Lipinski definition) is 1. The fraction of sp³-hybridized carbons (Fsp3) is 0.222. The first-order valence-corrected chi connectivity index (χ1v) is 11.2.